The number of carboxylic acids is 3. The predicted octanol–water partition coefficient (Wildman–Crippen LogP) is 1.91. The van der Waals surface area contributed by atoms with E-state index in [4.69, 9.17) is 5.11 Å². The Labute approximate surface area is 153 Å². The summed E-state index contributed by atoms with van der Waals surface area (Å²) in [7, 11) is 0. The molecule has 2 aromatic carbocycles. The molecule has 0 radical (unpaired) electrons. The molecule has 0 atom stereocenters. The van der Waals surface area contributed by atoms with Crippen molar-refractivity contribution in [3.8, 4) is 5.69 Å². The number of benzene rings is 2. The van der Waals surface area contributed by atoms with Gasteiger partial charge in [0.25, 0.3) is 0 Å². The molecular weight excluding hydrogens is 352 g/mol. The number of aromatic nitrogens is 2. The third kappa shape index (κ3) is 4.01. The standard InChI is InChI=1S/C19H14N2O6/c22-17(23)13-3-1-12(2-4-13)10-20-5-6-21(11-20)16-8-14(18(24)25)7-15(9-16)19(26)27/h1-9,11H,10H2,(H2-,22,23,24,25,26,27)/p+1. The second-order valence-corrected chi connectivity index (χ2v) is 5.87. The number of hydrogen-bond acceptors (Lipinski definition) is 3. The molecule has 0 amide bonds. The van der Waals surface area contributed by atoms with Crippen LogP contribution in [-0.2, 0) is 6.54 Å². The number of nitrogens with zero attached hydrogens (tertiary/aromatic N) is 2. The number of carboxylic acid groups (broad SMARTS) is 3. The first-order valence-electron chi connectivity index (χ1n) is 7.85. The first-order valence-corrected chi connectivity index (χ1v) is 7.85. The van der Waals surface area contributed by atoms with Crippen molar-refractivity contribution in [1.82, 2.24) is 4.57 Å². The van der Waals surface area contributed by atoms with Gasteiger partial charge in [0.15, 0.2) is 0 Å². The lowest BCUT2D eigenvalue weighted by Gasteiger charge is -2.02. The number of imidazole rings is 1. The number of rotatable bonds is 6. The predicted molar refractivity (Wildman–Crippen MR) is 92.4 cm³/mol. The van der Waals surface area contributed by atoms with E-state index in [2.05, 4.69) is 0 Å². The van der Waals surface area contributed by atoms with Crippen LogP contribution in [0.25, 0.3) is 5.69 Å². The van der Waals surface area contributed by atoms with Crippen LogP contribution in [0, 0.1) is 0 Å². The van der Waals surface area contributed by atoms with E-state index in [1.807, 2.05) is 4.57 Å². The SMILES string of the molecule is O=C(O)c1ccc(C[n+]2ccn(-c3cc(C(=O)O)cc(C(=O)O)c3)c2)cc1. The molecule has 3 rings (SSSR count). The fourth-order valence-corrected chi connectivity index (χ4v) is 2.61. The van der Waals surface area contributed by atoms with Gasteiger partial charge in [0, 0.05) is 0 Å². The van der Waals surface area contributed by atoms with Crippen LogP contribution in [-0.4, -0.2) is 37.8 Å². The highest BCUT2D eigenvalue weighted by atomic mass is 16.4. The minimum Gasteiger partial charge on any atom is -0.478 e. The van der Waals surface area contributed by atoms with E-state index in [0.29, 0.717) is 12.2 Å². The minimum absolute atomic E-state index is 0.116. The lowest BCUT2D eigenvalue weighted by Crippen LogP contribution is -2.31. The van der Waals surface area contributed by atoms with Crippen molar-refractivity contribution in [2.75, 3.05) is 0 Å². The number of aromatic carboxylic acids is 3. The molecule has 0 aliphatic rings. The molecule has 3 aromatic rings. The van der Waals surface area contributed by atoms with Crippen LogP contribution in [0.4, 0.5) is 0 Å². The molecule has 136 valence electrons. The van der Waals surface area contributed by atoms with E-state index >= 15 is 0 Å². The Balaban J connectivity index is 1.88. The van der Waals surface area contributed by atoms with Gasteiger partial charge in [0.1, 0.15) is 24.6 Å². The topological polar surface area (TPSA) is 121 Å². The minimum atomic E-state index is -1.21. The molecule has 8 nitrogen and oxygen atoms in total. The summed E-state index contributed by atoms with van der Waals surface area (Å²) in [6.07, 6.45) is 5.12. The van der Waals surface area contributed by atoms with Crippen LogP contribution in [0.1, 0.15) is 36.6 Å². The normalized spacial score (nSPS) is 10.5. The molecule has 3 N–H and O–H groups in total. The summed E-state index contributed by atoms with van der Waals surface area (Å²) in [5, 5.41) is 27.3. The molecule has 0 spiro atoms. The molecule has 1 aromatic heterocycles. The summed E-state index contributed by atoms with van der Waals surface area (Å²) in [6.45, 7) is 0.470. The summed E-state index contributed by atoms with van der Waals surface area (Å²) < 4.78 is 3.42. The lowest BCUT2D eigenvalue weighted by molar-refractivity contribution is -0.687. The Bertz CT molecular complexity index is 1000. The maximum Gasteiger partial charge on any atom is 0.335 e. The molecular formula is C19H15N2O6+. The first-order chi connectivity index (χ1) is 12.8. The highest BCUT2D eigenvalue weighted by Crippen LogP contribution is 2.15. The zero-order valence-corrected chi connectivity index (χ0v) is 13.9. The first kappa shape index (κ1) is 17.9. The van der Waals surface area contributed by atoms with Crippen molar-refractivity contribution in [3.63, 3.8) is 0 Å². The molecule has 8 heteroatoms. The van der Waals surface area contributed by atoms with Gasteiger partial charge in [-0.15, -0.1) is 0 Å². The second kappa shape index (κ2) is 7.12. The van der Waals surface area contributed by atoms with Crippen LogP contribution < -0.4 is 4.57 Å². The van der Waals surface area contributed by atoms with Gasteiger partial charge in [-0.3, -0.25) is 0 Å². The summed E-state index contributed by atoms with van der Waals surface area (Å²) in [5.41, 5.74) is 1.26. The quantitative estimate of drug-likeness (QED) is 0.572. The third-order valence-electron chi connectivity index (χ3n) is 3.97. The van der Waals surface area contributed by atoms with Crippen LogP contribution in [0.15, 0.2) is 61.2 Å². The van der Waals surface area contributed by atoms with Crippen molar-refractivity contribution in [3.05, 3.63) is 83.4 Å². The van der Waals surface area contributed by atoms with Crippen molar-refractivity contribution in [2.24, 2.45) is 0 Å². The van der Waals surface area contributed by atoms with Crippen LogP contribution in [0.5, 0.6) is 0 Å². The smallest absolute Gasteiger partial charge is 0.335 e. The number of carbonyl (C=O) groups is 3. The summed E-state index contributed by atoms with van der Waals surface area (Å²) in [5.74, 6) is -3.41. The maximum absolute atomic E-state index is 11.2. The van der Waals surface area contributed by atoms with E-state index in [9.17, 15) is 24.6 Å². The average molecular weight is 367 g/mol. The van der Waals surface area contributed by atoms with Gasteiger partial charge in [-0.25, -0.2) is 23.5 Å². The van der Waals surface area contributed by atoms with Gasteiger partial charge in [0.05, 0.1) is 16.7 Å². The molecule has 1 heterocycles. The molecule has 0 fully saturated rings. The summed E-state index contributed by atoms with van der Waals surface area (Å²) in [6, 6.07) is 10.3. The van der Waals surface area contributed by atoms with Gasteiger partial charge < -0.3 is 15.3 Å². The van der Waals surface area contributed by atoms with Gasteiger partial charge >= 0.3 is 17.9 Å². The lowest BCUT2D eigenvalue weighted by atomic mass is 10.1. The van der Waals surface area contributed by atoms with E-state index < -0.39 is 17.9 Å². The second-order valence-electron chi connectivity index (χ2n) is 5.87. The van der Waals surface area contributed by atoms with Gasteiger partial charge in [0.2, 0.25) is 6.33 Å². The molecule has 27 heavy (non-hydrogen) atoms. The fourth-order valence-electron chi connectivity index (χ4n) is 2.61. The fraction of sp³-hybridized carbons (Fsp3) is 0.0526. The van der Waals surface area contributed by atoms with E-state index in [1.54, 1.807) is 35.4 Å². The van der Waals surface area contributed by atoms with Crippen molar-refractivity contribution in [2.45, 2.75) is 6.54 Å². The Morgan fingerprint density at radius 1 is 0.815 bits per heavy atom. The monoisotopic (exact) mass is 367 g/mol. The van der Waals surface area contributed by atoms with Gasteiger partial charge in [-0.1, -0.05) is 12.1 Å². The van der Waals surface area contributed by atoms with Crippen molar-refractivity contribution >= 4 is 17.9 Å². The third-order valence-corrected chi connectivity index (χ3v) is 3.97. The Morgan fingerprint density at radius 3 is 1.89 bits per heavy atom. The zero-order valence-electron chi connectivity index (χ0n) is 13.9. The van der Waals surface area contributed by atoms with Crippen LogP contribution in [0.2, 0.25) is 0 Å². The molecule has 0 aliphatic heterocycles. The highest BCUT2D eigenvalue weighted by Gasteiger charge is 2.16. The van der Waals surface area contributed by atoms with Gasteiger partial charge in [-0.2, -0.15) is 0 Å². The maximum atomic E-state index is 11.2. The average Bonchev–Trinajstić information content (AvgIpc) is 3.10. The van der Waals surface area contributed by atoms with Gasteiger partial charge in [-0.05, 0) is 35.9 Å². The van der Waals surface area contributed by atoms with Crippen molar-refractivity contribution in [1.29, 1.82) is 0 Å². The molecule has 0 saturated carbocycles. The van der Waals surface area contributed by atoms with E-state index in [-0.39, 0.29) is 16.7 Å². The summed E-state index contributed by atoms with van der Waals surface area (Å²) in [4.78, 5) is 33.4. The molecule has 0 aliphatic carbocycles. The molecule has 0 saturated heterocycles. The Morgan fingerprint density at radius 2 is 1.37 bits per heavy atom. The Kier molecular flexibility index (Phi) is 4.71. The van der Waals surface area contributed by atoms with Crippen LogP contribution >= 0.6 is 0 Å². The van der Waals surface area contributed by atoms with E-state index in [0.717, 1.165) is 11.6 Å². The molecule has 0 bridgehead atoms. The zero-order chi connectivity index (χ0) is 19.6. The largest absolute Gasteiger partial charge is 0.478 e. The van der Waals surface area contributed by atoms with Crippen LogP contribution in [0.3, 0.4) is 0 Å². The highest BCUT2D eigenvalue weighted by molar-refractivity contribution is 5.94. The number of hydrogen-bond donors (Lipinski definition) is 3. The molecule has 0 unspecified atom stereocenters. The van der Waals surface area contributed by atoms with Crippen molar-refractivity contribution < 1.29 is 34.3 Å². The summed E-state index contributed by atoms with van der Waals surface area (Å²) >= 11 is 0. The Hall–Kier alpha value is -3.94. The van der Waals surface area contributed by atoms with E-state index in [1.165, 1.54) is 24.3 Å².